The molecule has 0 spiro atoms. The van der Waals surface area contributed by atoms with Gasteiger partial charge in [-0.25, -0.2) is 4.57 Å². The van der Waals surface area contributed by atoms with Crippen molar-refractivity contribution >= 4 is 19.8 Å². The normalized spacial score (nSPS) is 14.2. The Morgan fingerprint density at radius 1 is 0.533 bits per heavy atom. The highest BCUT2D eigenvalue weighted by Gasteiger charge is 2.27. The lowest BCUT2D eigenvalue weighted by Gasteiger charge is -2.24. The van der Waals surface area contributed by atoms with Gasteiger partial charge >= 0.3 is 19.8 Å². The maximum Gasteiger partial charge on any atom is 0.472 e. The van der Waals surface area contributed by atoms with E-state index in [1.807, 2.05) is 21.1 Å². The van der Waals surface area contributed by atoms with Crippen molar-refractivity contribution in [1.82, 2.24) is 0 Å². The van der Waals surface area contributed by atoms with Gasteiger partial charge in [-0.2, -0.15) is 0 Å². The number of unbranched alkanes of at least 4 members (excludes halogenated alkanes) is 16. The van der Waals surface area contributed by atoms with Crippen LogP contribution in [0, 0.1) is 0 Å². The fourth-order valence-electron chi connectivity index (χ4n) is 6.08. The maximum atomic E-state index is 12.7. The topological polar surface area (TPSA) is 108 Å². The van der Waals surface area contributed by atoms with Crippen molar-refractivity contribution in [2.75, 3.05) is 47.5 Å². The molecule has 10 heteroatoms. The van der Waals surface area contributed by atoms with Crippen LogP contribution in [0.25, 0.3) is 0 Å². The highest BCUT2D eigenvalue weighted by molar-refractivity contribution is 7.47. The second-order valence-corrected chi connectivity index (χ2v) is 18.2. The van der Waals surface area contributed by atoms with Gasteiger partial charge in [-0.1, -0.05) is 177 Å². The third-order valence-corrected chi connectivity index (χ3v) is 10.7. The number of allylic oxidation sites excluding steroid dienone is 12. The maximum absolute atomic E-state index is 12.7. The number of quaternary nitrogens is 1. The summed E-state index contributed by atoms with van der Waals surface area (Å²) in [5, 5.41) is 0. The van der Waals surface area contributed by atoms with Crippen molar-refractivity contribution < 1.29 is 42.1 Å². The quantitative estimate of drug-likeness (QED) is 0.0212. The van der Waals surface area contributed by atoms with Crippen LogP contribution in [-0.4, -0.2) is 74.9 Å². The monoisotopic (exact) mass is 863 g/mol. The third kappa shape index (κ3) is 45.0. The first-order valence-electron chi connectivity index (χ1n) is 23.7. The van der Waals surface area contributed by atoms with Gasteiger partial charge in [0.15, 0.2) is 6.10 Å². The summed E-state index contributed by atoms with van der Waals surface area (Å²) in [5.74, 6) is -0.829. The summed E-state index contributed by atoms with van der Waals surface area (Å²) >= 11 is 0. The van der Waals surface area contributed by atoms with E-state index in [9.17, 15) is 19.0 Å². The van der Waals surface area contributed by atoms with Crippen LogP contribution in [0.3, 0.4) is 0 Å². The fraction of sp³-hybridized carbons (Fsp3) is 0.720. The molecule has 9 nitrogen and oxygen atoms in total. The van der Waals surface area contributed by atoms with Crippen LogP contribution >= 0.6 is 7.82 Å². The van der Waals surface area contributed by atoms with Crippen molar-refractivity contribution in [2.24, 2.45) is 0 Å². The van der Waals surface area contributed by atoms with E-state index in [0.717, 1.165) is 83.5 Å². The molecule has 0 aliphatic heterocycles. The van der Waals surface area contributed by atoms with Crippen molar-refractivity contribution in [3.63, 3.8) is 0 Å². The van der Waals surface area contributed by atoms with Gasteiger partial charge in [0.05, 0.1) is 27.7 Å². The predicted octanol–water partition coefficient (Wildman–Crippen LogP) is 13.8. The lowest BCUT2D eigenvalue weighted by atomic mass is 10.0. The highest BCUT2D eigenvalue weighted by Crippen LogP contribution is 2.43. The molecule has 346 valence electrons. The van der Waals surface area contributed by atoms with Gasteiger partial charge in [-0.3, -0.25) is 18.6 Å². The van der Waals surface area contributed by atoms with Crippen molar-refractivity contribution in [2.45, 2.75) is 187 Å². The summed E-state index contributed by atoms with van der Waals surface area (Å²) in [7, 11) is 1.45. The van der Waals surface area contributed by atoms with Crippen LogP contribution < -0.4 is 0 Å². The molecule has 2 atom stereocenters. The summed E-state index contributed by atoms with van der Waals surface area (Å²) in [5.41, 5.74) is 0. The molecule has 0 radical (unpaired) electrons. The Kier molecular flexibility index (Phi) is 40.0. The molecule has 0 amide bonds. The molecule has 0 aromatic carbocycles. The zero-order valence-corrected chi connectivity index (χ0v) is 39.8. The standard InChI is InChI=1S/C50H88NO8P/c1-6-8-10-12-14-16-18-20-21-22-23-24-25-26-27-28-29-31-33-35-37-39-41-43-50(53)59-48(47-58-60(54,55)57-45-44-51(3,4)5)46-56-49(52)42-40-38-36-34-32-30-19-17-15-13-11-9-7-2/h8,10,14,16,20-21,23-24,26-27,29,31,48H,6-7,9,11-13,15,17-19,22,25,28,30,32-47H2,1-5H3/p+1/b10-8-,16-14-,21-20-,24-23-,27-26-,31-29-. The van der Waals surface area contributed by atoms with Gasteiger partial charge in [0.1, 0.15) is 19.8 Å². The van der Waals surface area contributed by atoms with Gasteiger partial charge in [0.25, 0.3) is 0 Å². The Balaban J connectivity index is 4.37. The first-order chi connectivity index (χ1) is 29.0. The minimum Gasteiger partial charge on any atom is -0.462 e. The van der Waals surface area contributed by atoms with Crippen molar-refractivity contribution in [3.8, 4) is 0 Å². The average molecular weight is 863 g/mol. The molecule has 0 saturated heterocycles. The minimum absolute atomic E-state index is 0.0237. The van der Waals surface area contributed by atoms with E-state index in [1.165, 1.54) is 64.2 Å². The summed E-state index contributed by atoms with van der Waals surface area (Å²) in [4.78, 5) is 35.4. The van der Waals surface area contributed by atoms with E-state index < -0.39 is 26.5 Å². The van der Waals surface area contributed by atoms with Gasteiger partial charge in [-0.05, 0) is 64.2 Å². The Bertz CT molecular complexity index is 1250. The Morgan fingerprint density at radius 2 is 0.950 bits per heavy atom. The van der Waals surface area contributed by atoms with E-state index in [-0.39, 0.29) is 32.0 Å². The number of ether oxygens (including phenoxy) is 2. The number of hydrogen-bond donors (Lipinski definition) is 1. The molecule has 0 aliphatic carbocycles. The number of hydrogen-bond acceptors (Lipinski definition) is 7. The smallest absolute Gasteiger partial charge is 0.462 e. The summed E-state index contributed by atoms with van der Waals surface area (Å²) in [6, 6.07) is 0. The van der Waals surface area contributed by atoms with Gasteiger partial charge < -0.3 is 18.9 Å². The third-order valence-electron chi connectivity index (χ3n) is 9.75. The predicted molar refractivity (Wildman–Crippen MR) is 252 cm³/mol. The molecule has 2 unspecified atom stereocenters. The van der Waals surface area contributed by atoms with Crippen LogP contribution in [-0.2, 0) is 32.7 Å². The first-order valence-corrected chi connectivity index (χ1v) is 25.2. The first kappa shape index (κ1) is 57.4. The number of esters is 2. The number of likely N-dealkylation sites (N-methyl/N-ethyl adjacent to an activating group) is 1. The van der Waals surface area contributed by atoms with Crippen LogP contribution in [0.15, 0.2) is 72.9 Å². The van der Waals surface area contributed by atoms with Crippen LogP contribution in [0.5, 0.6) is 0 Å². The molecule has 1 N–H and O–H groups in total. The molecule has 60 heavy (non-hydrogen) atoms. The molecule has 0 aliphatic rings. The molecular weight excluding hydrogens is 774 g/mol. The Labute approximate surface area is 368 Å². The number of phosphoric acid groups is 1. The summed E-state index contributed by atoms with van der Waals surface area (Å²) in [6.07, 6.45) is 52.3. The van der Waals surface area contributed by atoms with E-state index in [1.54, 1.807) is 0 Å². The zero-order chi connectivity index (χ0) is 44.3. The van der Waals surface area contributed by atoms with Crippen molar-refractivity contribution in [1.29, 1.82) is 0 Å². The van der Waals surface area contributed by atoms with Crippen LogP contribution in [0.2, 0.25) is 0 Å². The van der Waals surface area contributed by atoms with Crippen LogP contribution in [0.1, 0.15) is 181 Å². The Morgan fingerprint density at radius 3 is 1.42 bits per heavy atom. The van der Waals surface area contributed by atoms with E-state index in [0.29, 0.717) is 17.4 Å². The lowest BCUT2D eigenvalue weighted by molar-refractivity contribution is -0.870. The Hall–Kier alpha value is -2.55. The van der Waals surface area contributed by atoms with Gasteiger partial charge in [-0.15, -0.1) is 0 Å². The molecule has 0 bridgehead atoms. The highest BCUT2D eigenvalue weighted by atomic mass is 31.2. The van der Waals surface area contributed by atoms with Crippen LogP contribution in [0.4, 0.5) is 0 Å². The lowest BCUT2D eigenvalue weighted by Crippen LogP contribution is -2.37. The molecule has 0 heterocycles. The summed E-state index contributed by atoms with van der Waals surface area (Å²) < 4.78 is 34.3. The number of phosphoric ester groups is 1. The van der Waals surface area contributed by atoms with Gasteiger partial charge in [0, 0.05) is 12.8 Å². The molecule has 0 saturated carbocycles. The average Bonchev–Trinajstić information content (AvgIpc) is 3.20. The van der Waals surface area contributed by atoms with E-state index in [4.69, 9.17) is 18.5 Å². The van der Waals surface area contributed by atoms with E-state index in [2.05, 4.69) is 86.8 Å². The number of carbonyl (C=O) groups excluding carboxylic acids is 2. The largest absolute Gasteiger partial charge is 0.472 e. The second kappa shape index (κ2) is 41.8. The number of nitrogens with zero attached hydrogens (tertiary/aromatic N) is 1. The number of rotatable bonds is 42. The van der Waals surface area contributed by atoms with E-state index >= 15 is 0 Å². The molecule has 0 rings (SSSR count). The molecule has 0 aromatic rings. The molecular formula is C50H89NO8P+. The minimum atomic E-state index is -4.39. The zero-order valence-electron chi connectivity index (χ0n) is 38.9. The molecule has 0 fully saturated rings. The van der Waals surface area contributed by atoms with Gasteiger partial charge in [0.2, 0.25) is 0 Å². The van der Waals surface area contributed by atoms with Crippen molar-refractivity contribution in [3.05, 3.63) is 72.9 Å². The number of carbonyl (C=O) groups is 2. The SMILES string of the molecule is CC/C=C\C/C=C\C/C=C\C/C=C\C/C=C\C/C=C\CCCCCCC(=O)OC(COC(=O)CCCCCCCCCCCCCCC)COP(=O)(O)OCC[N+](C)(C)C. The molecule has 0 aromatic heterocycles. The fourth-order valence-corrected chi connectivity index (χ4v) is 6.82. The summed E-state index contributed by atoms with van der Waals surface area (Å²) in [6.45, 7) is 4.27. The second-order valence-electron chi connectivity index (χ2n) is 16.8.